The average Bonchev–Trinajstić information content (AvgIpc) is 2.66. The summed E-state index contributed by atoms with van der Waals surface area (Å²) in [5, 5.41) is 0. The lowest BCUT2D eigenvalue weighted by atomic mass is 9.93. The Morgan fingerprint density at radius 1 is 1.47 bits per heavy atom. The summed E-state index contributed by atoms with van der Waals surface area (Å²) < 4.78 is 10.4. The number of Topliss-reactive ketones (excluding diaryl/α,β-unsaturated/α-hetero) is 1. The molecule has 2 rings (SSSR count). The van der Waals surface area contributed by atoms with Crippen molar-refractivity contribution in [2.75, 3.05) is 13.2 Å². The topological polar surface area (TPSA) is 39.4 Å². The maximum absolute atomic E-state index is 11.8. The van der Waals surface area contributed by atoms with Crippen molar-refractivity contribution in [3.8, 4) is 0 Å². The molecule has 0 radical (unpaired) electrons. The van der Waals surface area contributed by atoms with Crippen LogP contribution < -0.4 is 0 Å². The molecule has 82 valence electrons. The molecule has 1 aromatic rings. The Bertz CT molecular complexity index is 334. The van der Waals surface area contributed by atoms with E-state index in [0.29, 0.717) is 17.9 Å². The van der Waals surface area contributed by atoms with E-state index >= 15 is 0 Å². The summed E-state index contributed by atoms with van der Waals surface area (Å²) in [5.41, 5.74) is 0.707. The molecule has 0 saturated carbocycles. The molecule has 0 bridgehead atoms. The second kappa shape index (κ2) is 4.62. The van der Waals surface area contributed by atoms with Gasteiger partial charge in [0.25, 0.3) is 0 Å². The second-order valence-corrected chi connectivity index (χ2v) is 4.13. The normalized spacial score (nSPS) is 17.9. The van der Waals surface area contributed by atoms with Gasteiger partial charge in [0.2, 0.25) is 0 Å². The van der Waals surface area contributed by atoms with Crippen molar-refractivity contribution >= 4 is 5.78 Å². The first-order valence-electron chi connectivity index (χ1n) is 5.42. The van der Waals surface area contributed by atoms with Crippen molar-refractivity contribution in [2.24, 2.45) is 5.92 Å². The van der Waals surface area contributed by atoms with E-state index in [0.717, 1.165) is 31.8 Å². The van der Waals surface area contributed by atoms with Gasteiger partial charge in [0.1, 0.15) is 12.0 Å². The SMILES string of the molecule is Cc1cc(C(=O)CC2CCOCC2)co1. The molecule has 0 N–H and O–H groups in total. The molecule has 15 heavy (non-hydrogen) atoms. The highest BCUT2D eigenvalue weighted by atomic mass is 16.5. The molecule has 1 aliphatic heterocycles. The minimum Gasteiger partial charge on any atom is -0.469 e. The summed E-state index contributed by atoms with van der Waals surface area (Å²) in [6.07, 6.45) is 4.18. The van der Waals surface area contributed by atoms with Gasteiger partial charge in [0.15, 0.2) is 5.78 Å². The highest BCUT2D eigenvalue weighted by Crippen LogP contribution is 2.21. The van der Waals surface area contributed by atoms with Crippen molar-refractivity contribution < 1.29 is 13.9 Å². The number of carbonyl (C=O) groups is 1. The molecule has 2 heterocycles. The van der Waals surface area contributed by atoms with Crippen LogP contribution in [0.2, 0.25) is 0 Å². The molecule has 0 unspecified atom stereocenters. The lowest BCUT2D eigenvalue weighted by molar-refractivity contribution is 0.0601. The molecule has 0 spiro atoms. The first kappa shape index (κ1) is 10.4. The van der Waals surface area contributed by atoms with Gasteiger partial charge in [0, 0.05) is 19.6 Å². The maximum Gasteiger partial charge on any atom is 0.166 e. The molecule has 1 aromatic heterocycles. The Morgan fingerprint density at radius 3 is 2.80 bits per heavy atom. The summed E-state index contributed by atoms with van der Waals surface area (Å²) in [5.74, 6) is 1.48. The molecule has 3 nitrogen and oxygen atoms in total. The minimum atomic E-state index is 0.193. The van der Waals surface area contributed by atoms with Crippen molar-refractivity contribution in [3.63, 3.8) is 0 Å². The van der Waals surface area contributed by atoms with E-state index in [1.165, 1.54) is 0 Å². The zero-order chi connectivity index (χ0) is 10.7. The lowest BCUT2D eigenvalue weighted by Gasteiger charge is -2.20. The van der Waals surface area contributed by atoms with Gasteiger partial charge in [-0.3, -0.25) is 4.79 Å². The van der Waals surface area contributed by atoms with Crippen LogP contribution in [-0.4, -0.2) is 19.0 Å². The number of ketones is 1. The third-order valence-electron chi connectivity index (χ3n) is 2.87. The van der Waals surface area contributed by atoms with Gasteiger partial charge >= 0.3 is 0 Å². The van der Waals surface area contributed by atoms with Gasteiger partial charge in [0.05, 0.1) is 5.56 Å². The van der Waals surface area contributed by atoms with Gasteiger partial charge in [-0.1, -0.05) is 0 Å². The molecule has 1 aliphatic rings. The quantitative estimate of drug-likeness (QED) is 0.717. The summed E-state index contributed by atoms with van der Waals surface area (Å²) in [6, 6.07) is 1.81. The summed E-state index contributed by atoms with van der Waals surface area (Å²) >= 11 is 0. The van der Waals surface area contributed by atoms with Crippen molar-refractivity contribution in [1.29, 1.82) is 0 Å². The smallest absolute Gasteiger partial charge is 0.166 e. The predicted molar refractivity (Wildman–Crippen MR) is 55.9 cm³/mol. The summed E-state index contributed by atoms with van der Waals surface area (Å²) in [6.45, 7) is 3.44. The number of ether oxygens (including phenoxy) is 1. The highest BCUT2D eigenvalue weighted by molar-refractivity contribution is 5.96. The van der Waals surface area contributed by atoms with Gasteiger partial charge in [-0.25, -0.2) is 0 Å². The first-order valence-corrected chi connectivity index (χ1v) is 5.42. The van der Waals surface area contributed by atoms with Crippen molar-refractivity contribution in [3.05, 3.63) is 23.7 Å². The van der Waals surface area contributed by atoms with Crippen LogP contribution >= 0.6 is 0 Å². The molecule has 0 aliphatic carbocycles. The fourth-order valence-corrected chi connectivity index (χ4v) is 1.92. The van der Waals surface area contributed by atoms with Crippen LogP contribution in [0.25, 0.3) is 0 Å². The average molecular weight is 208 g/mol. The number of aryl methyl sites for hydroxylation is 1. The van der Waals surface area contributed by atoms with Gasteiger partial charge in [-0.05, 0) is 31.7 Å². The third kappa shape index (κ3) is 2.69. The van der Waals surface area contributed by atoms with E-state index in [1.54, 1.807) is 6.26 Å². The zero-order valence-electron chi connectivity index (χ0n) is 8.99. The minimum absolute atomic E-state index is 0.193. The Balaban J connectivity index is 1.91. The number of rotatable bonds is 3. The fraction of sp³-hybridized carbons (Fsp3) is 0.583. The molecule has 3 heteroatoms. The predicted octanol–water partition coefficient (Wildman–Crippen LogP) is 2.59. The van der Waals surface area contributed by atoms with Gasteiger partial charge in [-0.2, -0.15) is 0 Å². The molecule has 0 amide bonds. The van der Waals surface area contributed by atoms with Gasteiger partial charge in [-0.15, -0.1) is 0 Å². The Morgan fingerprint density at radius 2 is 2.20 bits per heavy atom. The van der Waals surface area contributed by atoms with Crippen LogP contribution in [0, 0.1) is 12.8 Å². The molecule has 1 fully saturated rings. The van der Waals surface area contributed by atoms with E-state index in [1.807, 2.05) is 13.0 Å². The van der Waals surface area contributed by atoms with E-state index < -0.39 is 0 Å². The number of carbonyl (C=O) groups excluding carboxylic acids is 1. The van der Waals surface area contributed by atoms with E-state index in [-0.39, 0.29) is 5.78 Å². The van der Waals surface area contributed by atoms with Gasteiger partial charge < -0.3 is 9.15 Å². The number of hydrogen-bond donors (Lipinski definition) is 0. The van der Waals surface area contributed by atoms with Crippen LogP contribution in [-0.2, 0) is 4.74 Å². The van der Waals surface area contributed by atoms with Crippen LogP contribution in [0.3, 0.4) is 0 Å². The number of furan rings is 1. The standard InChI is InChI=1S/C12H16O3/c1-9-6-11(8-15-9)12(13)7-10-2-4-14-5-3-10/h6,8,10H,2-5,7H2,1H3. The summed E-state index contributed by atoms with van der Waals surface area (Å²) in [4.78, 5) is 11.8. The molecule has 0 atom stereocenters. The Labute approximate surface area is 89.4 Å². The van der Waals surface area contributed by atoms with Crippen LogP contribution in [0.1, 0.15) is 35.4 Å². The second-order valence-electron chi connectivity index (χ2n) is 4.13. The van der Waals surface area contributed by atoms with Crippen LogP contribution in [0.5, 0.6) is 0 Å². The zero-order valence-corrected chi connectivity index (χ0v) is 8.99. The monoisotopic (exact) mass is 208 g/mol. The molecular formula is C12H16O3. The largest absolute Gasteiger partial charge is 0.469 e. The van der Waals surface area contributed by atoms with E-state index in [4.69, 9.17) is 9.15 Å². The van der Waals surface area contributed by atoms with E-state index in [9.17, 15) is 4.79 Å². The number of hydrogen-bond acceptors (Lipinski definition) is 3. The Kier molecular flexibility index (Phi) is 3.21. The van der Waals surface area contributed by atoms with Crippen molar-refractivity contribution in [2.45, 2.75) is 26.2 Å². The lowest BCUT2D eigenvalue weighted by Crippen LogP contribution is -2.18. The maximum atomic E-state index is 11.8. The molecule has 0 aromatic carbocycles. The first-order chi connectivity index (χ1) is 7.25. The van der Waals surface area contributed by atoms with Crippen LogP contribution in [0.15, 0.2) is 16.7 Å². The Hall–Kier alpha value is -1.09. The molecule has 1 saturated heterocycles. The fourth-order valence-electron chi connectivity index (χ4n) is 1.92. The molecular weight excluding hydrogens is 192 g/mol. The highest BCUT2D eigenvalue weighted by Gasteiger charge is 2.19. The van der Waals surface area contributed by atoms with Crippen LogP contribution in [0.4, 0.5) is 0 Å². The summed E-state index contributed by atoms with van der Waals surface area (Å²) in [7, 11) is 0. The van der Waals surface area contributed by atoms with Crippen molar-refractivity contribution in [1.82, 2.24) is 0 Å². The van der Waals surface area contributed by atoms with E-state index in [2.05, 4.69) is 0 Å². The third-order valence-corrected chi connectivity index (χ3v) is 2.87.